The van der Waals surface area contributed by atoms with E-state index < -0.39 is 0 Å². The second-order valence-electron chi connectivity index (χ2n) is 7.29. The fourth-order valence-corrected chi connectivity index (χ4v) is 3.90. The molecule has 2 aromatic heterocycles. The first-order valence-corrected chi connectivity index (χ1v) is 10.0. The Balaban J connectivity index is 1.60. The summed E-state index contributed by atoms with van der Waals surface area (Å²) in [6.07, 6.45) is 5.59. The van der Waals surface area contributed by atoms with E-state index in [1.54, 1.807) is 0 Å². The van der Waals surface area contributed by atoms with Crippen molar-refractivity contribution in [3.8, 4) is 0 Å². The van der Waals surface area contributed by atoms with Crippen LogP contribution in [0.4, 0.5) is 0 Å². The van der Waals surface area contributed by atoms with Crippen LogP contribution in [0.2, 0.25) is 0 Å². The SMILES string of the molecule is CCCn1c(CN(Cc2ccccn2)C[C@H]2CCCO2)nc2ccccc21. The fraction of sp³-hybridized carbons (Fsp3) is 0.455. The lowest BCUT2D eigenvalue weighted by atomic mass is 10.2. The third-order valence-electron chi connectivity index (χ3n) is 5.14. The summed E-state index contributed by atoms with van der Waals surface area (Å²) in [6.45, 7) is 6.65. The van der Waals surface area contributed by atoms with Gasteiger partial charge in [-0.1, -0.05) is 25.1 Å². The highest BCUT2D eigenvalue weighted by molar-refractivity contribution is 5.75. The molecule has 0 saturated carbocycles. The summed E-state index contributed by atoms with van der Waals surface area (Å²) >= 11 is 0. The monoisotopic (exact) mass is 364 g/mol. The number of benzene rings is 1. The number of rotatable bonds is 8. The molecule has 0 aliphatic carbocycles. The molecule has 5 nitrogen and oxygen atoms in total. The van der Waals surface area contributed by atoms with Gasteiger partial charge >= 0.3 is 0 Å². The lowest BCUT2D eigenvalue weighted by Gasteiger charge is -2.25. The van der Waals surface area contributed by atoms with E-state index in [0.717, 1.165) is 69.1 Å². The van der Waals surface area contributed by atoms with Crippen LogP contribution in [-0.2, 0) is 24.4 Å². The molecular weight excluding hydrogens is 336 g/mol. The number of imidazole rings is 1. The van der Waals surface area contributed by atoms with E-state index in [1.165, 1.54) is 5.52 Å². The molecule has 142 valence electrons. The van der Waals surface area contributed by atoms with Crippen molar-refractivity contribution >= 4 is 11.0 Å². The molecule has 3 heterocycles. The van der Waals surface area contributed by atoms with Gasteiger partial charge in [0.15, 0.2) is 0 Å². The highest BCUT2D eigenvalue weighted by Crippen LogP contribution is 2.20. The molecule has 0 radical (unpaired) electrons. The predicted octanol–water partition coefficient (Wildman–Crippen LogP) is 4.02. The van der Waals surface area contributed by atoms with E-state index in [4.69, 9.17) is 9.72 Å². The summed E-state index contributed by atoms with van der Waals surface area (Å²) in [4.78, 5) is 11.9. The first-order valence-electron chi connectivity index (χ1n) is 10.0. The van der Waals surface area contributed by atoms with E-state index in [0.29, 0.717) is 6.10 Å². The van der Waals surface area contributed by atoms with Gasteiger partial charge in [-0.3, -0.25) is 9.88 Å². The van der Waals surface area contributed by atoms with Gasteiger partial charge in [0.1, 0.15) is 5.82 Å². The summed E-state index contributed by atoms with van der Waals surface area (Å²) in [5, 5.41) is 0. The molecule has 1 aromatic carbocycles. The third kappa shape index (κ3) is 4.37. The molecule has 1 fully saturated rings. The Kier molecular flexibility index (Phi) is 5.80. The standard InChI is InChI=1S/C22H28N4O/c1-2-13-26-21-11-4-3-10-20(21)24-22(26)17-25(16-19-9-7-14-27-19)15-18-8-5-6-12-23-18/h3-6,8,10-12,19H,2,7,9,13-17H2,1H3/t19-/m1/s1. The van der Waals surface area contributed by atoms with Gasteiger partial charge in [-0.2, -0.15) is 0 Å². The van der Waals surface area contributed by atoms with Gasteiger partial charge in [0.2, 0.25) is 0 Å². The van der Waals surface area contributed by atoms with E-state index >= 15 is 0 Å². The van der Waals surface area contributed by atoms with Crippen molar-refractivity contribution in [1.29, 1.82) is 0 Å². The maximum Gasteiger partial charge on any atom is 0.124 e. The first-order chi connectivity index (χ1) is 13.3. The number of pyridine rings is 1. The second kappa shape index (κ2) is 8.63. The molecule has 0 amide bonds. The van der Waals surface area contributed by atoms with Crippen LogP contribution < -0.4 is 0 Å². The molecule has 1 aliphatic heterocycles. The lowest BCUT2D eigenvalue weighted by molar-refractivity contribution is 0.0662. The smallest absolute Gasteiger partial charge is 0.124 e. The molecule has 1 saturated heterocycles. The van der Waals surface area contributed by atoms with Crippen molar-refractivity contribution in [1.82, 2.24) is 19.4 Å². The van der Waals surface area contributed by atoms with Gasteiger partial charge < -0.3 is 9.30 Å². The number of hydrogen-bond donors (Lipinski definition) is 0. The molecule has 4 rings (SSSR count). The van der Waals surface area contributed by atoms with Gasteiger partial charge in [-0.15, -0.1) is 0 Å². The molecule has 0 spiro atoms. The molecular formula is C22H28N4O. The second-order valence-corrected chi connectivity index (χ2v) is 7.29. The number of fused-ring (bicyclic) bond motifs is 1. The predicted molar refractivity (Wildman–Crippen MR) is 107 cm³/mol. The van der Waals surface area contributed by atoms with Crippen molar-refractivity contribution in [3.05, 3.63) is 60.2 Å². The molecule has 0 bridgehead atoms. The van der Waals surface area contributed by atoms with Crippen LogP contribution in [0.25, 0.3) is 11.0 Å². The number of para-hydroxylation sites is 2. The van der Waals surface area contributed by atoms with E-state index in [-0.39, 0.29) is 0 Å². The van der Waals surface area contributed by atoms with Gasteiger partial charge in [-0.25, -0.2) is 4.98 Å². The minimum absolute atomic E-state index is 0.317. The summed E-state index contributed by atoms with van der Waals surface area (Å²) in [5.74, 6) is 1.13. The van der Waals surface area contributed by atoms with Crippen molar-refractivity contribution < 1.29 is 4.74 Å². The lowest BCUT2D eigenvalue weighted by Crippen LogP contribution is -2.32. The van der Waals surface area contributed by atoms with Gasteiger partial charge in [0.05, 0.1) is 29.4 Å². The normalized spacial score (nSPS) is 17.2. The van der Waals surface area contributed by atoms with Crippen molar-refractivity contribution in [2.24, 2.45) is 0 Å². The Hall–Kier alpha value is -2.24. The Labute approximate surface area is 161 Å². The number of aryl methyl sites for hydroxylation is 1. The highest BCUT2D eigenvalue weighted by Gasteiger charge is 2.22. The fourth-order valence-electron chi connectivity index (χ4n) is 3.90. The average Bonchev–Trinajstić information content (AvgIpc) is 3.31. The number of hydrogen-bond acceptors (Lipinski definition) is 4. The summed E-state index contributed by atoms with van der Waals surface area (Å²) in [5.41, 5.74) is 3.40. The number of ether oxygens (including phenoxy) is 1. The van der Waals surface area contributed by atoms with Crippen LogP contribution in [0.3, 0.4) is 0 Å². The van der Waals surface area contributed by atoms with Crippen LogP contribution >= 0.6 is 0 Å². The van der Waals surface area contributed by atoms with Crippen molar-refractivity contribution in [2.75, 3.05) is 13.2 Å². The zero-order valence-electron chi connectivity index (χ0n) is 16.1. The summed E-state index contributed by atoms with van der Waals surface area (Å²) in [6, 6.07) is 14.6. The first kappa shape index (κ1) is 18.1. The van der Waals surface area contributed by atoms with Crippen LogP contribution in [0.15, 0.2) is 48.7 Å². The molecule has 0 N–H and O–H groups in total. The largest absolute Gasteiger partial charge is 0.377 e. The maximum absolute atomic E-state index is 5.91. The minimum atomic E-state index is 0.317. The van der Waals surface area contributed by atoms with E-state index in [1.807, 2.05) is 12.3 Å². The van der Waals surface area contributed by atoms with E-state index in [2.05, 4.69) is 57.8 Å². The Bertz CT molecular complexity index is 855. The highest BCUT2D eigenvalue weighted by atomic mass is 16.5. The van der Waals surface area contributed by atoms with Crippen LogP contribution in [-0.4, -0.2) is 38.7 Å². The Morgan fingerprint density at radius 1 is 1.15 bits per heavy atom. The quantitative estimate of drug-likeness (QED) is 0.605. The average molecular weight is 364 g/mol. The number of nitrogens with zero attached hydrogens (tertiary/aromatic N) is 4. The molecule has 0 unspecified atom stereocenters. The van der Waals surface area contributed by atoms with Crippen molar-refractivity contribution in [2.45, 2.75) is 51.9 Å². The molecule has 27 heavy (non-hydrogen) atoms. The topological polar surface area (TPSA) is 43.2 Å². The van der Waals surface area contributed by atoms with Gasteiger partial charge in [0, 0.05) is 32.4 Å². The number of aromatic nitrogens is 3. The Morgan fingerprint density at radius 2 is 2.04 bits per heavy atom. The molecule has 1 aliphatic rings. The summed E-state index contributed by atoms with van der Waals surface area (Å²) in [7, 11) is 0. The van der Waals surface area contributed by atoms with Crippen LogP contribution in [0.5, 0.6) is 0 Å². The maximum atomic E-state index is 5.91. The molecule has 1 atom stereocenters. The van der Waals surface area contributed by atoms with E-state index in [9.17, 15) is 0 Å². The molecule has 5 heteroatoms. The summed E-state index contributed by atoms with van der Waals surface area (Å²) < 4.78 is 8.28. The van der Waals surface area contributed by atoms with Gasteiger partial charge in [0.25, 0.3) is 0 Å². The van der Waals surface area contributed by atoms with Gasteiger partial charge in [-0.05, 0) is 43.5 Å². The zero-order chi connectivity index (χ0) is 18.5. The molecule has 3 aromatic rings. The van der Waals surface area contributed by atoms with Crippen LogP contribution in [0, 0.1) is 0 Å². The van der Waals surface area contributed by atoms with Crippen molar-refractivity contribution in [3.63, 3.8) is 0 Å². The van der Waals surface area contributed by atoms with Crippen LogP contribution in [0.1, 0.15) is 37.7 Å². The minimum Gasteiger partial charge on any atom is -0.377 e. The third-order valence-corrected chi connectivity index (χ3v) is 5.14. The Morgan fingerprint density at radius 3 is 2.81 bits per heavy atom. The zero-order valence-corrected chi connectivity index (χ0v) is 16.1.